The number of hydrogen-bond acceptors (Lipinski definition) is 29. The summed E-state index contributed by atoms with van der Waals surface area (Å²) in [6.07, 6.45) is 2.64. The average Bonchev–Trinajstić information content (AvgIpc) is 0.778. The molecule has 0 aliphatic heterocycles. The maximum absolute atomic E-state index is 12.5. The highest BCUT2D eigenvalue weighted by atomic mass is 35.5. The summed E-state index contributed by atoms with van der Waals surface area (Å²) in [6, 6.07) is 22.8. The Bertz CT molecular complexity index is 3390. The van der Waals surface area contributed by atoms with Crippen LogP contribution in [-0.4, -0.2) is 203 Å². The van der Waals surface area contributed by atoms with Crippen molar-refractivity contribution >= 4 is 145 Å². The SMILES string of the molecule is C=NCC(=O)[O-].CC(=O)[O-].CC=O.CN(CC(=O)[O-])C(CCl)CN(CC(=O)[O-])CC(=O)[O-].COc1ccc2nc3cc(Cl)ccc3c(NC(C)CCCN)c2c1.COc1ccc2nc3cc(Cl)ccc3c(NC(C)CCCNC([O-])N(CCNCC(=O)[O-])CC(=O)[O-])c2c1. The molecule has 4 aromatic carbocycles. The second kappa shape index (κ2) is 45.9. The molecule has 6 rings (SSSR count). The van der Waals surface area contributed by atoms with E-state index >= 15 is 0 Å². The van der Waals surface area contributed by atoms with Crippen molar-refractivity contribution in [1.82, 2.24) is 35.3 Å². The topological polar surface area (TPSA) is 461 Å². The lowest BCUT2D eigenvalue weighted by Crippen LogP contribution is -2.58. The van der Waals surface area contributed by atoms with E-state index in [1.54, 1.807) is 14.2 Å². The molecule has 29 nitrogen and oxygen atoms in total. The van der Waals surface area contributed by atoms with Crippen molar-refractivity contribution in [1.29, 1.82) is 0 Å². The zero-order valence-corrected chi connectivity index (χ0v) is 55.3. The van der Waals surface area contributed by atoms with E-state index in [-0.39, 0.29) is 44.6 Å². The van der Waals surface area contributed by atoms with Crippen LogP contribution >= 0.6 is 34.8 Å². The number of aromatic nitrogens is 2. The smallest absolute Gasteiger partial charge is 0.119 e. The Balaban J connectivity index is 0.000000676. The fourth-order valence-electron chi connectivity index (χ4n) is 8.62. The summed E-state index contributed by atoms with van der Waals surface area (Å²) in [5.41, 5.74) is 11.0. The van der Waals surface area contributed by atoms with Crippen LogP contribution < -0.4 is 77.3 Å². The number of aliphatic carboxylic acids is 7. The zero-order chi connectivity index (χ0) is 71.0. The van der Waals surface area contributed by atoms with Crippen molar-refractivity contribution in [3.8, 4) is 11.5 Å². The highest BCUT2D eigenvalue weighted by Crippen LogP contribution is 2.36. The maximum Gasteiger partial charge on any atom is 0.119 e. The second-order valence-electron chi connectivity index (χ2n) is 20.4. The van der Waals surface area contributed by atoms with Crippen LogP contribution in [0.3, 0.4) is 0 Å². The minimum absolute atomic E-state index is 0.000372. The molecule has 2 aromatic heterocycles. The number of benzene rings is 4. The molecule has 6 aromatic rings. The first-order chi connectivity index (χ1) is 44.5. The van der Waals surface area contributed by atoms with Gasteiger partial charge in [0.15, 0.2) is 0 Å². The van der Waals surface area contributed by atoms with E-state index < -0.39 is 80.4 Å². The third-order valence-corrected chi connectivity index (χ3v) is 13.6. The van der Waals surface area contributed by atoms with Crippen LogP contribution in [-0.2, 0) is 38.4 Å². The number of carboxylic acids is 7. The van der Waals surface area contributed by atoms with E-state index in [9.17, 15) is 64.5 Å². The maximum atomic E-state index is 12.5. The standard InChI is InChI=1S/C26H33ClN5O6.C19H22ClN3O.C10H17ClN2O6.C3H5NO2.C2H4O2.C2H4O/c1-16(4-3-9-29-26(37)32(15-24(35)36)11-10-28-14-23(33)34)30-25-19-7-5-17(27)12-22(19)31-21-8-6-18(38-2)13-20(21)25;1-12(4-3-9-21)22-19-15-7-5-13(20)10-18(15)23-17-8-6-14(24-2)11-16(17)19;1-12(4-8(14)15)7(2-11)3-13(5-9(16)17)6-10(18)19;1-4-2-3(5)6;1-2(3)4;1-2-3/h5-8,12-13,16,26,28-29H,3-4,9-11,14-15H2,1-2H3,(H,30,31)(H,33,34)(H,35,36);5-8,10-12H,3-4,9,21H2,1-2H3,(H,22,23);7H,2-6H2,1H3,(H,14,15)(H,16,17)(H,18,19);1-2H2,(H,5,6);1H3,(H,3,4);2H,1H3/q-1;;;;;/p-7. The number of halogens is 3. The van der Waals surface area contributed by atoms with Gasteiger partial charge in [-0.05, 0) is 159 Å². The number of rotatable bonds is 34. The third-order valence-electron chi connectivity index (χ3n) is 12.7. The summed E-state index contributed by atoms with van der Waals surface area (Å²) in [5.74, 6) is -7.63. The number of nitrogens with one attached hydrogen (secondary N) is 4. The largest absolute Gasteiger partial charge is 0.829 e. The number of aliphatic imine (C=N–C) groups is 1. The first-order valence-corrected chi connectivity index (χ1v) is 30.2. The van der Waals surface area contributed by atoms with Crippen LogP contribution in [0.1, 0.15) is 53.4 Å². The number of ether oxygens (including phenoxy) is 2. The Hall–Kier alpha value is -8.36. The molecule has 0 radical (unpaired) electrons. The molecule has 0 fully saturated rings. The number of pyridine rings is 2. The molecule has 0 amide bonds. The summed E-state index contributed by atoms with van der Waals surface area (Å²) in [7, 11) is 4.74. The third kappa shape index (κ3) is 33.5. The van der Waals surface area contributed by atoms with Gasteiger partial charge < -0.3 is 116 Å². The number of nitrogens with two attached hydrogens (primary N) is 1. The van der Waals surface area contributed by atoms with Gasteiger partial charge in [-0.1, -0.05) is 23.2 Å². The van der Waals surface area contributed by atoms with Gasteiger partial charge in [0.05, 0.1) is 90.0 Å². The average molecular weight is 1370 g/mol. The monoisotopic (exact) mass is 1370 g/mol. The number of carbonyl (C=O) groups is 8. The summed E-state index contributed by atoms with van der Waals surface area (Å²) >= 11 is 18.0. The molecule has 32 heteroatoms. The van der Waals surface area contributed by atoms with Crippen molar-refractivity contribution < 1.29 is 88.7 Å². The molecule has 94 heavy (non-hydrogen) atoms. The Morgan fingerprint density at radius 3 is 1.48 bits per heavy atom. The molecule has 0 aliphatic rings. The van der Waals surface area contributed by atoms with Gasteiger partial charge in [0.2, 0.25) is 0 Å². The Morgan fingerprint density at radius 1 is 0.660 bits per heavy atom. The molecule has 2 heterocycles. The van der Waals surface area contributed by atoms with Crippen molar-refractivity contribution in [3.05, 3.63) is 82.8 Å². The molecular formula is C62H78Cl3N11O18-8. The molecule has 6 N–H and O–H groups in total. The minimum Gasteiger partial charge on any atom is -0.829 e. The number of hydrogen-bond donors (Lipinski definition) is 5. The van der Waals surface area contributed by atoms with E-state index in [4.69, 9.17) is 74.7 Å². The molecule has 0 bridgehead atoms. The van der Waals surface area contributed by atoms with Crippen LogP contribution in [0, 0.1) is 0 Å². The normalized spacial score (nSPS) is 11.9. The number of carboxylic acid groups (broad SMARTS) is 7. The number of methoxy groups -OCH3 is 2. The molecule has 4 atom stereocenters. The van der Waals surface area contributed by atoms with Crippen LogP contribution in [0.15, 0.2) is 77.8 Å². The molecule has 0 saturated carbocycles. The molecular weight excluding hydrogens is 1290 g/mol. The van der Waals surface area contributed by atoms with Gasteiger partial charge >= 0.3 is 0 Å². The summed E-state index contributed by atoms with van der Waals surface area (Å²) in [5, 5.41) is 102. The number of fused-ring (bicyclic) bond motifs is 4. The van der Waals surface area contributed by atoms with Crippen LogP contribution in [0.5, 0.6) is 11.5 Å². The first-order valence-electron chi connectivity index (χ1n) is 28.9. The fraction of sp³-hybridized carbons (Fsp3) is 0.435. The van der Waals surface area contributed by atoms with Gasteiger partial charge in [0.1, 0.15) is 17.8 Å². The van der Waals surface area contributed by atoms with Crippen molar-refractivity contribution in [2.75, 3.05) is 110 Å². The number of aldehydes is 1. The van der Waals surface area contributed by atoms with E-state index in [0.717, 1.165) is 103 Å². The van der Waals surface area contributed by atoms with Gasteiger partial charge in [0.25, 0.3) is 0 Å². The fourth-order valence-corrected chi connectivity index (χ4v) is 9.28. The van der Waals surface area contributed by atoms with E-state index in [2.05, 4.69) is 39.9 Å². The highest BCUT2D eigenvalue weighted by Gasteiger charge is 2.20. The minimum atomic E-state index is -1.48. The molecule has 0 spiro atoms. The van der Waals surface area contributed by atoms with Crippen molar-refractivity contribution in [2.45, 2.75) is 77.9 Å². The van der Waals surface area contributed by atoms with Gasteiger partial charge in [-0.25, -0.2) is 9.97 Å². The van der Waals surface area contributed by atoms with E-state index in [1.807, 2.05) is 79.7 Å². The molecule has 518 valence electrons. The number of likely N-dealkylation sites (N-methyl/N-ethyl adjacent to an activating group) is 1. The first kappa shape index (κ1) is 83.7. The molecule has 4 unspecified atom stereocenters. The summed E-state index contributed by atoms with van der Waals surface area (Å²) in [6.45, 7) is 7.84. The summed E-state index contributed by atoms with van der Waals surface area (Å²) < 4.78 is 10.8. The quantitative estimate of drug-likeness (QED) is 0.00649. The van der Waals surface area contributed by atoms with Crippen molar-refractivity contribution in [3.63, 3.8) is 0 Å². The van der Waals surface area contributed by atoms with Gasteiger partial charge in [-0.3, -0.25) is 19.7 Å². The highest BCUT2D eigenvalue weighted by molar-refractivity contribution is 6.32. The van der Waals surface area contributed by atoms with Crippen LogP contribution in [0.25, 0.3) is 43.6 Å². The number of alkyl halides is 1. The van der Waals surface area contributed by atoms with E-state index in [1.165, 1.54) is 18.9 Å². The van der Waals surface area contributed by atoms with Gasteiger partial charge in [-0.2, -0.15) is 0 Å². The lowest BCUT2D eigenvalue weighted by Gasteiger charge is -2.37. The summed E-state index contributed by atoms with van der Waals surface area (Å²) in [4.78, 5) is 96.0. The predicted molar refractivity (Wildman–Crippen MR) is 342 cm³/mol. The van der Waals surface area contributed by atoms with Crippen LogP contribution in [0.2, 0.25) is 10.0 Å². The van der Waals surface area contributed by atoms with Gasteiger partial charge in [-0.15, -0.1) is 11.6 Å². The lowest BCUT2D eigenvalue weighted by atomic mass is 10.1. The molecule has 0 aliphatic carbocycles. The van der Waals surface area contributed by atoms with Crippen LogP contribution in [0.4, 0.5) is 11.4 Å². The Morgan fingerprint density at radius 2 is 1.11 bits per heavy atom. The number of anilines is 2. The predicted octanol–water partition coefficient (Wildman–Crippen LogP) is -3.68. The Kier molecular flexibility index (Phi) is 40.8. The van der Waals surface area contributed by atoms with Gasteiger partial charge in [0, 0.05) is 114 Å². The lowest BCUT2D eigenvalue weighted by molar-refractivity contribution is -0.468. The zero-order valence-electron chi connectivity index (χ0n) is 53.1. The van der Waals surface area contributed by atoms with E-state index in [0.29, 0.717) is 41.3 Å². The number of carbonyl (C=O) groups excluding carboxylic acids is 8. The number of nitrogens with zero attached hydrogens (tertiary/aromatic N) is 6. The van der Waals surface area contributed by atoms with Crippen molar-refractivity contribution in [2.24, 2.45) is 10.7 Å². The second-order valence-corrected chi connectivity index (χ2v) is 21.6. The Labute approximate surface area is 558 Å². The molecule has 0 saturated heterocycles.